The van der Waals surface area contributed by atoms with Crippen molar-refractivity contribution in [2.75, 3.05) is 12.4 Å². The van der Waals surface area contributed by atoms with Crippen molar-refractivity contribution in [1.82, 2.24) is 16.0 Å². The molecule has 0 aliphatic carbocycles. The van der Waals surface area contributed by atoms with E-state index >= 15 is 0 Å². The summed E-state index contributed by atoms with van der Waals surface area (Å²) in [7, 11) is 1.48. The summed E-state index contributed by atoms with van der Waals surface area (Å²) < 4.78 is 12.9. The molecular formula is C21H24ClFN4O3. The van der Waals surface area contributed by atoms with Gasteiger partial charge in [-0.15, -0.1) is 0 Å². The fraction of sp³-hybridized carbons (Fsp3) is 0.286. The van der Waals surface area contributed by atoms with Crippen LogP contribution in [0.2, 0.25) is 5.02 Å². The lowest BCUT2D eigenvalue weighted by Crippen LogP contribution is -2.47. The molecule has 0 aliphatic heterocycles. The molecule has 9 heteroatoms. The summed E-state index contributed by atoms with van der Waals surface area (Å²) in [5, 5.41) is 10.7. The molecule has 0 saturated carbocycles. The third kappa shape index (κ3) is 6.73. The molecule has 7 nitrogen and oxygen atoms in total. The van der Waals surface area contributed by atoms with Gasteiger partial charge in [0.1, 0.15) is 11.9 Å². The Kier molecular flexibility index (Phi) is 8.61. The van der Waals surface area contributed by atoms with Crippen molar-refractivity contribution >= 4 is 35.1 Å². The fourth-order valence-electron chi connectivity index (χ4n) is 2.69. The van der Waals surface area contributed by atoms with E-state index in [0.29, 0.717) is 18.5 Å². The molecule has 2 aromatic rings. The van der Waals surface area contributed by atoms with Gasteiger partial charge in [-0.1, -0.05) is 37.1 Å². The lowest BCUT2D eigenvalue weighted by molar-refractivity contribution is -0.118. The van der Waals surface area contributed by atoms with Gasteiger partial charge in [-0.3, -0.25) is 9.59 Å². The van der Waals surface area contributed by atoms with Gasteiger partial charge in [-0.2, -0.15) is 0 Å². The molecule has 4 amide bonds. The Morgan fingerprint density at radius 1 is 1.10 bits per heavy atom. The van der Waals surface area contributed by atoms with Crippen molar-refractivity contribution < 1.29 is 18.8 Å². The van der Waals surface area contributed by atoms with Crippen LogP contribution in [0.15, 0.2) is 42.5 Å². The second-order valence-electron chi connectivity index (χ2n) is 6.56. The van der Waals surface area contributed by atoms with Gasteiger partial charge >= 0.3 is 6.03 Å². The second kappa shape index (κ2) is 11.2. The van der Waals surface area contributed by atoms with Gasteiger partial charge in [0.15, 0.2) is 0 Å². The standard InChI is InChI=1S/C21H24ClFN4O3/c1-3-4-18(27-21(30)25-12-13-5-7-14(23)8-6-13)20(29)26-15-9-10-17(22)16(11-15)19(28)24-2/h5-11,18H,3-4,12H2,1-2H3,(H,24,28)(H,26,29)(H2,25,27,30). The monoisotopic (exact) mass is 434 g/mol. The van der Waals surface area contributed by atoms with E-state index in [1.807, 2.05) is 6.92 Å². The van der Waals surface area contributed by atoms with Crippen LogP contribution in [-0.2, 0) is 11.3 Å². The second-order valence-corrected chi connectivity index (χ2v) is 6.96. The van der Waals surface area contributed by atoms with Crippen molar-refractivity contribution in [2.45, 2.75) is 32.4 Å². The molecule has 0 fully saturated rings. The number of benzene rings is 2. The van der Waals surface area contributed by atoms with E-state index in [9.17, 15) is 18.8 Å². The zero-order valence-electron chi connectivity index (χ0n) is 16.7. The van der Waals surface area contributed by atoms with Gasteiger partial charge in [-0.05, 0) is 42.3 Å². The van der Waals surface area contributed by atoms with Crippen LogP contribution in [0.5, 0.6) is 0 Å². The van der Waals surface area contributed by atoms with Crippen molar-refractivity contribution in [3.05, 3.63) is 64.4 Å². The van der Waals surface area contributed by atoms with Gasteiger partial charge in [0, 0.05) is 19.3 Å². The molecule has 30 heavy (non-hydrogen) atoms. The third-order valence-corrected chi connectivity index (χ3v) is 4.60. The predicted octanol–water partition coefficient (Wildman–Crippen LogP) is 3.45. The SMILES string of the molecule is CCCC(NC(=O)NCc1ccc(F)cc1)C(=O)Nc1ccc(Cl)c(C(=O)NC)c1. The molecule has 0 saturated heterocycles. The van der Waals surface area contributed by atoms with E-state index in [4.69, 9.17) is 11.6 Å². The van der Waals surface area contributed by atoms with Gasteiger partial charge in [0.05, 0.1) is 10.6 Å². The highest BCUT2D eigenvalue weighted by atomic mass is 35.5. The number of rotatable bonds is 8. The van der Waals surface area contributed by atoms with Crippen molar-refractivity contribution in [1.29, 1.82) is 0 Å². The number of amides is 4. The minimum Gasteiger partial charge on any atom is -0.355 e. The van der Waals surface area contributed by atoms with E-state index in [-0.39, 0.29) is 28.9 Å². The van der Waals surface area contributed by atoms with Crippen molar-refractivity contribution in [3.63, 3.8) is 0 Å². The molecule has 0 bridgehead atoms. The summed E-state index contributed by atoms with van der Waals surface area (Å²) in [6.45, 7) is 2.09. The molecule has 0 aliphatic rings. The van der Waals surface area contributed by atoms with E-state index in [0.717, 1.165) is 5.56 Å². The largest absolute Gasteiger partial charge is 0.355 e. The van der Waals surface area contributed by atoms with E-state index in [1.54, 1.807) is 18.2 Å². The smallest absolute Gasteiger partial charge is 0.315 e. The third-order valence-electron chi connectivity index (χ3n) is 4.27. The Morgan fingerprint density at radius 2 is 1.80 bits per heavy atom. The van der Waals surface area contributed by atoms with Crippen LogP contribution < -0.4 is 21.3 Å². The Balaban J connectivity index is 1.99. The Labute approximate surface area is 179 Å². The van der Waals surface area contributed by atoms with Crippen LogP contribution >= 0.6 is 11.6 Å². The zero-order chi connectivity index (χ0) is 22.1. The quantitative estimate of drug-likeness (QED) is 0.512. The average Bonchev–Trinajstić information content (AvgIpc) is 2.73. The Morgan fingerprint density at radius 3 is 2.43 bits per heavy atom. The summed E-state index contributed by atoms with van der Waals surface area (Å²) in [6.07, 6.45) is 1.09. The number of anilines is 1. The highest BCUT2D eigenvalue weighted by Crippen LogP contribution is 2.21. The highest BCUT2D eigenvalue weighted by molar-refractivity contribution is 6.34. The number of hydrogen-bond acceptors (Lipinski definition) is 3. The number of urea groups is 1. The molecule has 1 atom stereocenters. The lowest BCUT2D eigenvalue weighted by atomic mass is 10.1. The Bertz CT molecular complexity index is 906. The zero-order valence-corrected chi connectivity index (χ0v) is 17.5. The summed E-state index contributed by atoms with van der Waals surface area (Å²) in [5.41, 5.74) is 1.34. The van der Waals surface area contributed by atoms with Crippen molar-refractivity contribution in [2.24, 2.45) is 0 Å². The maximum Gasteiger partial charge on any atom is 0.315 e. The fourth-order valence-corrected chi connectivity index (χ4v) is 2.90. The van der Waals surface area contributed by atoms with Crippen LogP contribution in [0.4, 0.5) is 14.9 Å². The summed E-state index contributed by atoms with van der Waals surface area (Å²) >= 11 is 6.02. The van der Waals surface area contributed by atoms with Crippen LogP contribution in [0.1, 0.15) is 35.7 Å². The molecule has 2 aromatic carbocycles. The molecule has 2 rings (SSSR count). The first kappa shape index (κ1) is 23.2. The predicted molar refractivity (Wildman–Crippen MR) is 114 cm³/mol. The van der Waals surface area contributed by atoms with Crippen LogP contribution in [0.3, 0.4) is 0 Å². The Hall–Kier alpha value is -3.13. The van der Waals surface area contributed by atoms with E-state index in [2.05, 4.69) is 21.3 Å². The number of carbonyl (C=O) groups is 3. The molecule has 0 radical (unpaired) electrons. The lowest BCUT2D eigenvalue weighted by Gasteiger charge is -2.19. The molecule has 0 aromatic heterocycles. The molecule has 160 valence electrons. The molecular weight excluding hydrogens is 411 g/mol. The first-order valence-corrected chi connectivity index (χ1v) is 9.83. The minimum absolute atomic E-state index is 0.194. The van der Waals surface area contributed by atoms with Gasteiger partial charge in [-0.25, -0.2) is 9.18 Å². The summed E-state index contributed by atoms with van der Waals surface area (Å²) in [5.74, 6) is -1.15. The summed E-state index contributed by atoms with van der Waals surface area (Å²) in [4.78, 5) is 36.7. The number of carbonyl (C=O) groups excluding carboxylic acids is 3. The topological polar surface area (TPSA) is 99.3 Å². The first-order chi connectivity index (χ1) is 14.3. The number of hydrogen-bond donors (Lipinski definition) is 4. The van der Waals surface area contributed by atoms with Gasteiger partial charge < -0.3 is 21.3 Å². The van der Waals surface area contributed by atoms with Gasteiger partial charge in [0.25, 0.3) is 5.91 Å². The molecule has 1 unspecified atom stereocenters. The normalized spacial score (nSPS) is 11.3. The summed E-state index contributed by atoms with van der Waals surface area (Å²) in [6, 6.07) is 9.01. The first-order valence-electron chi connectivity index (χ1n) is 9.45. The van der Waals surface area contributed by atoms with Gasteiger partial charge in [0.2, 0.25) is 5.91 Å². The highest BCUT2D eigenvalue weighted by Gasteiger charge is 2.20. The number of halogens is 2. The molecule has 0 heterocycles. The van der Waals surface area contributed by atoms with Crippen LogP contribution in [0.25, 0.3) is 0 Å². The average molecular weight is 435 g/mol. The maximum absolute atomic E-state index is 12.9. The van der Waals surface area contributed by atoms with Crippen molar-refractivity contribution in [3.8, 4) is 0 Å². The molecule has 0 spiro atoms. The van der Waals surface area contributed by atoms with E-state index in [1.165, 1.54) is 31.3 Å². The van der Waals surface area contributed by atoms with Crippen LogP contribution in [-0.4, -0.2) is 30.9 Å². The van der Waals surface area contributed by atoms with E-state index < -0.39 is 18.0 Å². The maximum atomic E-state index is 12.9. The van der Waals surface area contributed by atoms with Crippen LogP contribution in [0, 0.1) is 5.82 Å². The minimum atomic E-state index is -0.776. The number of nitrogens with one attached hydrogen (secondary N) is 4. The molecule has 4 N–H and O–H groups in total.